The molecule has 0 saturated heterocycles. The van der Waals surface area contributed by atoms with Crippen molar-refractivity contribution in [1.82, 2.24) is 24.8 Å². The number of carbonyl (C=O) groups excluding carboxylic acids is 1. The maximum absolute atomic E-state index is 13.1. The standard InChI is InChI=1S/C24H26N6O3/c1-3-5-10-15-30-23(33)17-12-7-6-11-16(17)20(28-30)21(31)26-27-24-25-19-14-9-8-13-18(19)22(32)29(24)4-2/h6-9,11-14H,3-5,10,15H2,1-2H3,(H,25,27)(H,26,31). The van der Waals surface area contributed by atoms with Gasteiger partial charge >= 0.3 is 0 Å². The molecular weight excluding hydrogens is 420 g/mol. The zero-order chi connectivity index (χ0) is 23.4. The molecule has 2 aromatic carbocycles. The van der Waals surface area contributed by atoms with E-state index >= 15 is 0 Å². The number of nitrogens with zero attached hydrogens (tertiary/aromatic N) is 4. The molecule has 9 heteroatoms. The molecular formula is C24H26N6O3. The summed E-state index contributed by atoms with van der Waals surface area (Å²) < 4.78 is 2.79. The number of fused-ring (bicyclic) bond motifs is 2. The highest BCUT2D eigenvalue weighted by Gasteiger charge is 2.17. The summed E-state index contributed by atoms with van der Waals surface area (Å²) in [4.78, 5) is 43.2. The van der Waals surface area contributed by atoms with Gasteiger partial charge in [-0.2, -0.15) is 5.10 Å². The van der Waals surface area contributed by atoms with Gasteiger partial charge in [-0.25, -0.2) is 9.67 Å². The minimum Gasteiger partial charge on any atom is -0.277 e. The van der Waals surface area contributed by atoms with Gasteiger partial charge < -0.3 is 0 Å². The van der Waals surface area contributed by atoms with Crippen LogP contribution in [-0.4, -0.2) is 25.2 Å². The van der Waals surface area contributed by atoms with Crippen LogP contribution < -0.4 is 22.0 Å². The second-order valence-corrected chi connectivity index (χ2v) is 7.71. The Balaban J connectivity index is 1.68. The van der Waals surface area contributed by atoms with Crippen molar-refractivity contribution in [3.8, 4) is 0 Å². The minimum atomic E-state index is -0.527. The molecule has 170 valence electrons. The van der Waals surface area contributed by atoms with Gasteiger partial charge in [-0.3, -0.25) is 29.8 Å². The minimum absolute atomic E-state index is 0.125. The number of nitrogens with one attached hydrogen (secondary N) is 2. The predicted octanol–water partition coefficient (Wildman–Crippen LogP) is 3.07. The molecule has 0 aliphatic heterocycles. The van der Waals surface area contributed by atoms with E-state index < -0.39 is 5.91 Å². The normalized spacial score (nSPS) is 11.1. The van der Waals surface area contributed by atoms with Gasteiger partial charge in [-0.15, -0.1) is 0 Å². The molecule has 4 aromatic rings. The molecule has 1 amide bonds. The van der Waals surface area contributed by atoms with Gasteiger partial charge in [0.05, 0.1) is 16.3 Å². The van der Waals surface area contributed by atoms with Crippen LogP contribution in [0.4, 0.5) is 5.95 Å². The van der Waals surface area contributed by atoms with Crippen molar-refractivity contribution in [3.63, 3.8) is 0 Å². The Morgan fingerprint density at radius 2 is 1.61 bits per heavy atom. The van der Waals surface area contributed by atoms with Crippen molar-refractivity contribution in [2.24, 2.45) is 0 Å². The third-order valence-electron chi connectivity index (χ3n) is 5.52. The maximum Gasteiger partial charge on any atom is 0.290 e. The van der Waals surface area contributed by atoms with E-state index in [2.05, 4.69) is 27.9 Å². The number of rotatable bonds is 8. The Bertz CT molecular complexity index is 1440. The molecule has 2 heterocycles. The number of unbranched alkanes of at least 4 members (excludes halogenated alkanes) is 2. The number of anilines is 1. The van der Waals surface area contributed by atoms with E-state index in [4.69, 9.17) is 0 Å². The number of para-hydroxylation sites is 1. The summed E-state index contributed by atoms with van der Waals surface area (Å²) in [5.41, 5.74) is 5.60. The van der Waals surface area contributed by atoms with E-state index in [1.165, 1.54) is 9.25 Å². The van der Waals surface area contributed by atoms with Crippen molar-refractivity contribution in [2.45, 2.75) is 46.2 Å². The maximum atomic E-state index is 13.1. The Labute approximate surface area is 190 Å². The molecule has 0 bridgehead atoms. The number of benzene rings is 2. The van der Waals surface area contributed by atoms with E-state index in [9.17, 15) is 14.4 Å². The first kappa shape index (κ1) is 22.2. The van der Waals surface area contributed by atoms with Crippen LogP contribution in [0.3, 0.4) is 0 Å². The van der Waals surface area contributed by atoms with Gasteiger partial charge in [-0.1, -0.05) is 50.1 Å². The average molecular weight is 447 g/mol. The zero-order valence-corrected chi connectivity index (χ0v) is 18.7. The molecule has 0 aliphatic rings. The number of hydrogen-bond acceptors (Lipinski definition) is 6. The lowest BCUT2D eigenvalue weighted by Crippen LogP contribution is -2.36. The van der Waals surface area contributed by atoms with Gasteiger partial charge in [0, 0.05) is 18.5 Å². The topological polar surface area (TPSA) is 111 Å². The molecule has 0 aliphatic carbocycles. The lowest BCUT2D eigenvalue weighted by Gasteiger charge is -2.15. The van der Waals surface area contributed by atoms with Crippen molar-refractivity contribution < 1.29 is 4.79 Å². The Hall–Kier alpha value is -4.01. The van der Waals surface area contributed by atoms with Crippen molar-refractivity contribution >= 4 is 33.5 Å². The molecule has 0 saturated carbocycles. The van der Waals surface area contributed by atoms with Gasteiger partial charge in [0.1, 0.15) is 0 Å². The van der Waals surface area contributed by atoms with Crippen LogP contribution >= 0.6 is 0 Å². The largest absolute Gasteiger partial charge is 0.290 e. The first-order valence-corrected chi connectivity index (χ1v) is 11.1. The first-order valence-electron chi connectivity index (χ1n) is 11.1. The van der Waals surface area contributed by atoms with Crippen LogP contribution in [0.15, 0.2) is 58.1 Å². The molecule has 0 spiro atoms. The number of hydrogen-bond donors (Lipinski definition) is 2. The third-order valence-corrected chi connectivity index (χ3v) is 5.52. The van der Waals surface area contributed by atoms with Crippen molar-refractivity contribution in [3.05, 3.63) is 74.9 Å². The van der Waals surface area contributed by atoms with Crippen LogP contribution in [0.25, 0.3) is 21.7 Å². The second-order valence-electron chi connectivity index (χ2n) is 7.71. The highest BCUT2D eigenvalue weighted by atomic mass is 16.2. The predicted molar refractivity (Wildman–Crippen MR) is 128 cm³/mol. The average Bonchev–Trinajstić information content (AvgIpc) is 2.84. The van der Waals surface area contributed by atoms with Crippen molar-refractivity contribution in [1.29, 1.82) is 0 Å². The third kappa shape index (κ3) is 4.34. The number of aryl methyl sites for hydroxylation is 1. The lowest BCUT2D eigenvalue weighted by molar-refractivity contribution is 0.0956. The van der Waals surface area contributed by atoms with E-state index in [1.807, 2.05) is 6.92 Å². The summed E-state index contributed by atoms with van der Waals surface area (Å²) in [7, 11) is 0. The highest BCUT2D eigenvalue weighted by molar-refractivity contribution is 6.05. The number of aromatic nitrogens is 4. The molecule has 0 atom stereocenters. The summed E-state index contributed by atoms with van der Waals surface area (Å²) >= 11 is 0. The molecule has 2 aromatic heterocycles. The summed E-state index contributed by atoms with van der Waals surface area (Å²) in [5.74, 6) is -0.310. The van der Waals surface area contributed by atoms with Crippen LogP contribution in [-0.2, 0) is 13.1 Å². The molecule has 2 N–H and O–H groups in total. The number of carbonyl (C=O) groups is 1. The Kier molecular flexibility index (Phi) is 6.48. The van der Waals surface area contributed by atoms with E-state index in [1.54, 1.807) is 48.5 Å². The second kappa shape index (κ2) is 9.64. The molecule has 33 heavy (non-hydrogen) atoms. The SMILES string of the molecule is CCCCCn1nc(C(=O)NNc2nc3ccccc3c(=O)n2CC)c2ccccc2c1=O. The quantitative estimate of drug-likeness (QED) is 0.318. The fraction of sp³-hybridized carbons (Fsp3) is 0.292. The fourth-order valence-corrected chi connectivity index (χ4v) is 3.79. The fourth-order valence-electron chi connectivity index (χ4n) is 3.79. The van der Waals surface area contributed by atoms with Gasteiger partial charge in [-0.05, 0) is 31.5 Å². The highest BCUT2D eigenvalue weighted by Crippen LogP contribution is 2.14. The van der Waals surface area contributed by atoms with Gasteiger partial charge in [0.25, 0.3) is 17.0 Å². The number of amides is 1. The monoisotopic (exact) mass is 446 g/mol. The van der Waals surface area contributed by atoms with Crippen LogP contribution in [0.5, 0.6) is 0 Å². The zero-order valence-electron chi connectivity index (χ0n) is 18.7. The summed E-state index contributed by atoms with van der Waals surface area (Å²) in [5, 5.41) is 5.76. The van der Waals surface area contributed by atoms with Crippen LogP contribution in [0.2, 0.25) is 0 Å². The smallest absolute Gasteiger partial charge is 0.277 e. The molecule has 4 rings (SSSR count). The summed E-state index contributed by atoms with van der Waals surface area (Å²) in [6, 6.07) is 14.0. The molecule has 0 fully saturated rings. The molecule has 0 unspecified atom stereocenters. The Morgan fingerprint density at radius 3 is 2.33 bits per heavy atom. The van der Waals surface area contributed by atoms with Gasteiger partial charge in [0.2, 0.25) is 5.95 Å². The van der Waals surface area contributed by atoms with Gasteiger partial charge in [0.15, 0.2) is 5.69 Å². The summed E-state index contributed by atoms with van der Waals surface area (Å²) in [6.07, 6.45) is 2.77. The molecule has 9 nitrogen and oxygen atoms in total. The van der Waals surface area contributed by atoms with Crippen LogP contribution in [0, 0.1) is 0 Å². The summed E-state index contributed by atoms with van der Waals surface area (Å²) in [6.45, 7) is 4.72. The van der Waals surface area contributed by atoms with Crippen LogP contribution in [0.1, 0.15) is 43.6 Å². The Morgan fingerprint density at radius 1 is 0.909 bits per heavy atom. The van der Waals surface area contributed by atoms with E-state index in [0.29, 0.717) is 34.8 Å². The number of hydrazine groups is 1. The van der Waals surface area contributed by atoms with E-state index in [0.717, 1.165) is 19.3 Å². The van der Waals surface area contributed by atoms with E-state index in [-0.39, 0.29) is 22.8 Å². The lowest BCUT2D eigenvalue weighted by atomic mass is 10.1. The van der Waals surface area contributed by atoms with Crippen molar-refractivity contribution in [2.75, 3.05) is 5.43 Å². The first-order chi connectivity index (χ1) is 16.0. The molecule has 0 radical (unpaired) electrons.